The number of rotatable bonds is 3. The molecule has 2 fully saturated rings. The molecule has 0 spiro atoms. The summed E-state index contributed by atoms with van der Waals surface area (Å²) in [6.07, 6.45) is 6.62. The first-order valence-electron chi connectivity index (χ1n) is 7.64. The van der Waals surface area contributed by atoms with Crippen molar-refractivity contribution in [1.82, 2.24) is 14.3 Å². The van der Waals surface area contributed by atoms with Gasteiger partial charge in [-0.2, -0.15) is 0 Å². The lowest BCUT2D eigenvalue weighted by Crippen LogP contribution is -2.39. The normalized spacial score (nSPS) is 24.4. The van der Waals surface area contributed by atoms with E-state index in [1.807, 2.05) is 0 Å². The lowest BCUT2D eigenvalue weighted by molar-refractivity contribution is 0.122. The smallest absolute Gasteiger partial charge is 0.211 e. The Morgan fingerprint density at radius 3 is 2.73 bits per heavy atom. The van der Waals surface area contributed by atoms with E-state index in [0.717, 1.165) is 37.4 Å². The molecule has 1 atom stereocenters. The number of ether oxygens (including phenoxy) is 1. The molecule has 0 amide bonds. The highest BCUT2D eigenvalue weighted by Gasteiger charge is 2.28. The van der Waals surface area contributed by atoms with Crippen molar-refractivity contribution in [3.05, 3.63) is 18.1 Å². The standard InChI is InChI=1S/C14H22N4O3S/c1-22(19,20)18-4-2-3-12(11-18)13-9-15-10-14(16-13)17-5-7-21-8-6-17/h9-10,12H,2-8,11H2,1H3/t12-/m1/s1. The zero-order valence-corrected chi connectivity index (χ0v) is 13.6. The maximum absolute atomic E-state index is 11.7. The van der Waals surface area contributed by atoms with Crippen LogP contribution in [0.2, 0.25) is 0 Å². The quantitative estimate of drug-likeness (QED) is 0.803. The van der Waals surface area contributed by atoms with Crippen molar-refractivity contribution in [2.75, 3.05) is 50.5 Å². The van der Waals surface area contributed by atoms with Gasteiger partial charge < -0.3 is 9.64 Å². The minimum Gasteiger partial charge on any atom is -0.378 e. The molecule has 0 aliphatic carbocycles. The molecule has 1 aromatic heterocycles. The van der Waals surface area contributed by atoms with Gasteiger partial charge in [0.2, 0.25) is 10.0 Å². The van der Waals surface area contributed by atoms with Gasteiger partial charge in [-0.1, -0.05) is 0 Å². The van der Waals surface area contributed by atoms with Crippen molar-refractivity contribution >= 4 is 15.8 Å². The number of anilines is 1. The first-order chi connectivity index (χ1) is 10.5. The molecule has 0 N–H and O–H groups in total. The Hall–Kier alpha value is -1.25. The van der Waals surface area contributed by atoms with Crippen LogP contribution in [0.1, 0.15) is 24.5 Å². The molecule has 0 bridgehead atoms. The molecule has 2 aliphatic heterocycles. The van der Waals surface area contributed by atoms with E-state index in [1.54, 1.807) is 16.7 Å². The van der Waals surface area contributed by atoms with Gasteiger partial charge in [0.15, 0.2) is 0 Å². The summed E-state index contributed by atoms with van der Waals surface area (Å²) in [7, 11) is -3.14. The molecule has 8 heteroatoms. The van der Waals surface area contributed by atoms with Crippen LogP contribution in [0, 0.1) is 0 Å². The molecule has 1 aromatic rings. The third-order valence-corrected chi connectivity index (χ3v) is 5.52. The summed E-state index contributed by atoms with van der Waals surface area (Å²) < 4.78 is 30.4. The third-order valence-electron chi connectivity index (χ3n) is 4.25. The summed E-state index contributed by atoms with van der Waals surface area (Å²) in [5.74, 6) is 0.981. The van der Waals surface area contributed by atoms with E-state index in [2.05, 4.69) is 9.88 Å². The fraction of sp³-hybridized carbons (Fsp3) is 0.714. The minimum absolute atomic E-state index is 0.122. The second-order valence-corrected chi connectivity index (χ2v) is 7.84. The Morgan fingerprint density at radius 1 is 1.23 bits per heavy atom. The second kappa shape index (κ2) is 6.47. The van der Waals surface area contributed by atoms with Crippen LogP contribution < -0.4 is 4.90 Å². The summed E-state index contributed by atoms with van der Waals surface area (Å²) in [5, 5.41) is 0. The SMILES string of the molecule is CS(=O)(=O)N1CCC[C@@H](c2cncc(N3CCOCC3)n2)C1. The topological polar surface area (TPSA) is 75.6 Å². The second-order valence-electron chi connectivity index (χ2n) is 5.86. The first kappa shape index (κ1) is 15.6. The number of hydrogen-bond donors (Lipinski definition) is 0. The third kappa shape index (κ3) is 3.56. The molecule has 0 aromatic carbocycles. The van der Waals surface area contributed by atoms with E-state index in [9.17, 15) is 8.42 Å². The van der Waals surface area contributed by atoms with Gasteiger partial charge in [0.25, 0.3) is 0 Å². The van der Waals surface area contributed by atoms with Crippen molar-refractivity contribution in [1.29, 1.82) is 0 Å². The molecule has 0 saturated carbocycles. The molecule has 2 aliphatic rings. The number of sulfonamides is 1. The van der Waals surface area contributed by atoms with Gasteiger partial charge in [-0.3, -0.25) is 4.98 Å². The Labute approximate surface area is 131 Å². The largest absolute Gasteiger partial charge is 0.378 e. The average molecular weight is 326 g/mol. The van der Waals surface area contributed by atoms with Gasteiger partial charge in [-0.25, -0.2) is 17.7 Å². The van der Waals surface area contributed by atoms with Crippen LogP contribution in [0.15, 0.2) is 12.4 Å². The Morgan fingerprint density at radius 2 is 2.00 bits per heavy atom. The summed E-state index contributed by atoms with van der Waals surface area (Å²) in [6.45, 7) is 4.15. The molecule has 3 rings (SSSR count). The van der Waals surface area contributed by atoms with Gasteiger partial charge in [0.1, 0.15) is 5.82 Å². The summed E-state index contributed by atoms with van der Waals surface area (Å²) >= 11 is 0. The van der Waals surface area contributed by atoms with E-state index < -0.39 is 10.0 Å². The number of aromatic nitrogens is 2. The Bertz CT molecular complexity index is 616. The highest BCUT2D eigenvalue weighted by molar-refractivity contribution is 7.88. The predicted molar refractivity (Wildman–Crippen MR) is 83.5 cm³/mol. The maximum atomic E-state index is 11.7. The molecule has 0 radical (unpaired) electrons. The number of nitrogens with zero attached hydrogens (tertiary/aromatic N) is 4. The maximum Gasteiger partial charge on any atom is 0.211 e. The van der Waals surface area contributed by atoms with Gasteiger partial charge in [-0.15, -0.1) is 0 Å². The molecule has 22 heavy (non-hydrogen) atoms. The summed E-state index contributed by atoms with van der Waals surface area (Å²) in [5.41, 5.74) is 0.886. The summed E-state index contributed by atoms with van der Waals surface area (Å²) in [6, 6.07) is 0. The van der Waals surface area contributed by atoms with Crippen molar-refractivity contribution < 1.29 is 13.2 Å². The lowest BCUT2D eigenvalue weighted by Gasteiger charge is -2.31. The lowest BCUT2D eigenvalue weighted by atomic mass is 9.96. The molecule has 122 valence electrons. The molecule has 7 nitrogen and oxygen atoms in total. The van der Waals surface area contributed by atoms with Gasteiger partial charge in [0, 0.05) is 38.3 Å². The fourth-order valence-corrected chi connectivity index (χ4v) is 3.91. The van der Waals surface area contributed by atoms with Crippen LogP contribution in [0.4, 0.5) is 5.82 Å². The highest BCUT2D eigenvalue weighted by atomic mass is 32.2. The molecular formula is C14H22N4O3S. The minimum atomic E-state index is -3.14. The zero-order valence-electron chi connectivity index (χ0n) is 12.8. The van der Waals surface area contributed by atoms with Crippen molar-refractivity contribution in [3.63, 3.8) is 0 Å². The van der Waals surface area contributed by atoms with Gasteiger partial charge >= 0.3 is 0 Å². The number of hydrogen-bond acceptors (Lipinski definition) is 6. The average Bonchev–Trinajstić information content (AvgIpc) is 2.55. The molecule has 2 saturated heterocycles. The van der Waals surface area contributed by atoms with Crippen LogP contribution in [0.5, 0.6) is 0 Å². The number of morpholine rings is 1. The molecule has 0 unspecified atom stereocenters. The Kier molecular flexibility index (Phi) is 4.60. The van der Waals surface area contributed by atoms with E-state index in [0.29, 0.717) is 26.3 Å². The van der Waals surface area contributed by atoms with Crippen molar-refractivity contribution in [3.8, 4) is 0 Å². The van der Waals surface area contributed by atoms with Crippen LogP contribution in [0.3, 0.4) is 0 Å². The first-order valence-corrected chi connectivity index (χ1v) is 9.48. The van der Waals surface area contributed by atoms with Crippen LogP contribution >= 0.6 is 0 Å². The van der Waals surface area contributed by atoms with E-state index in [-0.39, 0.29) is 5.92 Å². The van der Waals surface area contributed by atoms with E-state index in [4.69, 9.17) is 9.72 Å². The van der Waals surface area contributed by atoms with Crippen molar-refractivity contribution in [2.45, 2.75) is 18.8 Å². The molecular weight excluding hydrogens is 304 g/mol. The highest BCUT2D eigenvalue weighted by Crippen LogP contribution is 2.27. The van der Waals surface area contributed by atoms with Gasteiger partial charge in [0.05, 0.1) is 31.4 Å². The van der Waals surface area contributed by atoms with Crippen LogP contribution in [-0.2, 0) is 14.8 Å². The predicted octanol–water partition coefficient (Wildman–Crippen LogP) is 0.452. The summed E-state index contributed by atoms with van der Waals surface area (Å²) in [4.78, 5) is 11.2. The number of piperidine rings is 1. The van der Waals surface area contributed by atoms with Crippen molar-refractivity contribution in [2.24, 2.45) is 0 Å². The fourth-order valence-electron chi connectivity index (χ4n) is 3.00. The molecule has 3 heterocycles. The van der Waals surface area contributed by atoms with Crippen LogP contribution in [-0.4, -0.2) is 68.3 Å². The van der Waals surface area contributed by atoms with E-state index >= 15 is 0 Å². The van der Waals surface area contributed by atoms with Crippen LogP contribution in [0.25, 0.3) is 0 Å². The Balaban J connectivity index is 1.76. The van der Waals surface area contributed by atoms with E-state index in [1.165, 1.54) is 6.26 Å². The van der Waals surface area contributed by atoms with Gasteiger partial charge in [-0.05, 0) is 12.8 Å². The monoisotopic (exact) mass is 326 g/mol. The zero-order chi connectivity index (χ0) is 15.6.